The van der Waals surface area contributed by atoms with Crippen molar-refractivity contribution in [1.29, 1.82) is 0 Å². The zero-order valence-electron chi connectivity index (χ0n) is 9.86. The van der Waals surface area contributed by atoms with Gasteiger partial charge in [-0.05, 0) is 30.7 Å². The van der Waals surface area contributed by atoms with Gasteiger partial charge in [0, 0.05) is 24.9 Å². The molecule has 5 nitrogen and oxygen atoms in total. The molecule has 0 amide bonds. The number of nitro benzene ring substituents is 1. The molecule has 1 fully saturated rings. The second kappa shape index (κ2) is 4.89. The van der Waals surface area contributed by atoms with Gasteiger partial charge in [-0.25, -0.2) is 4.39 Å². The van der Waals surface area contributed by atoms with Gasteiger partial charge in [-0.3, -0.25) is 10.1 Å². The molecule has 0 spiro atoms. The van der Waals surface area contributed by atoms with Crippen molar-refractivity contribution in [1.82, 2.24) is 0 Å². The molecule has 18 heavy (non-hydrogen) atoms. The van der Waals surface area contributed by atoms with Crippen LogP contribution in [-0.4, -0.2) is 23.2 Å². The first kappa shape index (κ1) is 12.8. The minimum atomic E-state index is -0.626. The maximum Gasteiger partial charge on any atom is 0.274 e. The van der Waals surface area contributed by atoms with Gasteiger partial charge < -0.3 is 10.4 Å². The summed E-state index contributed by atoms with van der Waals surface area (Å²) in [6, 6.07) is 3.45. The molecule has 6 heteroatoms. The summed E-state index contributed by atoms with van der Waals surface area (Å²) in [6.45, 7) is 0.735. The van der Waals surface area contributed by atoms with E-state index in [0.29, 0.717) is 18.7 Å². The van der Waals surface area contributed by atoms with Crippen LogP contribution >= 0.6 is 0 Å². The first-order valence-electron chi connectivity index (χ1n) is 5.84. The van der Waals surface area contributed by atoms with E-state index in [1.165, 1.54) is 12.1 Å². The Morgan fingerprint density at radius 3 is 2.72 bits per heavy atom. The Balaban J connectivity index is 2.03. The quantitative estimate of drug-likeness (QED) is 0.603. The molecule has 0 atom stereocenters. The van der Waals surface area contributed by atoms with Crippen molar-refractivity contribution in [3.8, 4) is 0 Å². The molecular weight excluding hydrogens is 239 g/mol. The number of rotatable bonds is 6. The largest absolute Gasteiger partial charge is 0.396 e. The number of aliphatic hydroxyl groups is 1. The molecule has 1 aromatic carbocycles. The monoisotopic (exact) mass is 254 g/mol. The van der Waals surface area contributed by atoms with Gasteiger partial charge in [0.25, 0.3) is 5.69 Å². The van der Waals surface area contributed by atoms with Crippen LogP contribution < -0.4 is 5.32 Å². The highest BCUT2D eigenvalue weighted by atomic mass is 19.1. The van der Waals surface area contributed by atoms with Crippen LogP contribution in [0.1, 0.15) is 19.3 Å². The van der Waals surface area contributed by atoms with Crippen molar-refractivity contribution in [3.63, 3.8) is 0 Å². The zero-order chi connectivity index (χ0) is 13.2. The smallest absolute Gasteiger partial charge is 0.274 e. The molecule has 1 saturated carbocycles. The van der Waals surface area contributed by atoms with Crippen LogP contribution in [0.4, 0.5) is 15.8 Å². The number of non-ortho nitro benzene ring substituents is 1. The first-order valence-corrected chi connectivity index (χ1v) is 5.84. The van der Waals surface area contributed by atoms with Gasteiger partial charge in [-0.15, -0.1) is 0 Å². The van der Waals surface area contributed by atoms with E-state index in [2.05, 4.69) is 5.32 Å². The van der Waals surface area contributed by atoms with Crippen molar-refractivity contribution in [3.05, 3.63) is 34.1 Å². The molecule has 0 bridgehead atoms. The average Bonchev–Trinajstić information content (AvgIpc) is 3.07. The summed E-state index contributed by atoms with van der Waals surface area (Å²) in [6.07, 6.45) is 2.76. The Bertz CT molecular complexity index is 461. The highest BCUT2D eigenvalue weighted by Crippen LogP contribution is 2.48. The molecule has 0 saturated heterocycles. The lowest BCUT2D eigenvalue weighted by molar-refractivity contribution is -0.385. The predicted molar refractivity (Wildman–Crippen MR) is 64.9 cm³/mol. The number of nitrogens with one attached hydrogen (secondary N) is 1. The lowest BCUT2D eigenvalue weighted by atomic mass is 10.0. The van der Waals surface area contributed by atoms with Crippen molar-refractivity contribution in [2.24, 2.45) is 5.41 Å². The maximum atomic E-state index is 13.2. The highest BCUT2D eigenvalue weighted by molar-refractivity contribution is 5.51. The fourth-order valence-corrected chi connectivity index (χ4v) is 2.00. The number of benzene rings is 1. The summed E-state index contributed by atoms with van der Waals surface area (Å²) in [5.41, 5.74) is 0.228. The Morgan fingerprint density at radius 2 is 2.17 bits per heavy atom. The van der Waals surface area contributed by atoms with Gasteiger partial charge in [0.2, 0.25) is 0 Å². The average molecular weight is 254 g/mol. The third-order valence-corrected chi connectivity index (χ3v) is 3.36. The third kappa shape index (κ3) is 2.95. The molecule has 2 rings (SSSR count). The van der Waals surface area contributed by atoms with Crippen LogP contribution in [0.15, 0.2) is 18.2 Å². The summed E-state index contributed by atoms with van der Waals surface area (Å²) >= 11 is 0. The van der Waals surface area contributed by atoms with E-state index in [0.717, 1.165) is 18.9 Å². The fraction of sp³-hybridized carbons (Fsp3) is 0.500. The number of nitrogens with zero attached hydrogens (tertiary/aromatic N) is 1. The molecule has 2 N–H and O–H groups in total. The lowest BCUT2D eigenvalue weighted by Crippen LogP contribution is -2.16. The summed E-state index contributed by atoms with van der Waals surface area (Å²) in [4.78, 5) is 9.98. The van der Waals surface area contributed by atoms with E-state index in [9.17, 15) is 14.5 Å². The van der Waals surface area contributed by atoms with E-state index >= 15 is 0 Å². The standard InChI is InChI=1S/C12H15FN2O3/c13-9-5-10(7-11(6-9)15(17)18)14-8-12(1-2-12)3-4-16/h5-7,14,16H,1-4,8H2. The van der Waals surface area contributed by atoms with Crippen molar-refractivity contribution >= 4 is 11.4 Å². The minimum Gasteiger partial charge on any atom is -0.396 e. The van der Waals surface area contributed by atoms with Crippen LogP contribution in [-0.2, 0) is 0 Å². The molecule has 0 radical (unpaired) electrons. The Kier molecular flexibility index (Phi) is 3.47. The van der Waals surface area contributed by atoms with E-state index in [1.807, 2.05) is 0 Å². The molecule has 0 unspecified atom stereocenters. The first-order chi connectivity index (χ1) is 8.54. The molecule has 1 aliphatic rings. The van der Waals surface area contributed by atoms with E-state index in [4.69, 9.17) is 5.11 Å². The number of nitro groups is 1. The summed E-state index contributed by atoms with van der Waals surface area (Å²) < 4.78 is 13.2. The van der Waals surface area contributed by atoms with E-state index in [-0.39, 0.29) is 17.7 Å². The van der Waals surface area contributed by atoms with Gasteiger partial charge in [0.05, 0.1) is 11.0 Å². The molecule has 1 aromatic rings. The maximum absolute atomic E-state index is 13.2. The topological polar surface area (TPSA) is 75.4 Å². The molecule has 1 aliphatic carbocycles. The van der Waals surface area contributed by atoms with Gasteiger partial charge in [-0.1, -0.05) is 0 Å². The number of aliphatic hydroxyl groups excluding tert-OH is 1. The van der Waals surface area contributed by atoms with Crippen molar-refractivity contribution in [2.45, 2.75) is 19.3 Å². The summed E-state index contributed by atoms with van der Waals surface area (Å²) in [5.74, 6) is -0.626. The lowest BCUT2D eigenvalue weighted by Gasteiger charge is -2.15. The van der Waals surface area contributed by atoms with Gasteiger partial charge in [0.1, 0.15) is 5.82 Å². The summed E-state index contributed by atoms with van der Waals surface area (Å²) in [7, 11) is 0. The van der Waals surface area contributed by atoms with E-state index in [1.54, 1.807) is 0 Å². The van der Waals surface area contributed by atoms with E-state index < -0.39 is 10.7 Å². The Labute approximate surface area is 104 Å². The van der Waals surface area contributed by atoms with Crippen LogP contribution in [0.5, 0.6) is 0 Å². The second-order valence-electron chi connectivity index (χ2n) is 4.78. The Hall–Kier alpha value is -1.69. The zero-order valence-corrected chi connectivity index (χ0v) is 9.86. The molecular formula is C12H15FN2O3. The van der Waals surface area contributed by atoms with Gasteiger partial charge in [0.15, 0.2) is 0 Å². The number of hydrogen-bond donors (Lipinski definition) is 2. The molecule has 0 heterocycles. The number of hydrogen-bond acceptors (Lipinski definition) is 4. The normalized spacial score (nSPS) is 16.3. The van der Waals surface area contributed by atoms with Gasteiger partial charge >= 0.3 is 0 Å². The number of halogens is 1. The van der Waals surface area contributed by atoms with Crippen molar-refractivity contribution in [2.75, 3.05) is 18.5 Å². The fourth-order valence-electron chi connectivity index (χ4n) is 2.00. The third-order valence-electron chi connectivity index (χ3n) is 3.36. The Morgan fingerprint density at radius 1 is 1.44 bits per heavy atom. The van der Waals surface area contributed by atoms with Crippen LogP contribution in [0.3, 0.4) is 0 Å². The van der Waals surface area contributed by atoms with Crippen LogP contribution in [0.25, 0.3) is 0 Å². The predicted octanol–water partition coefficient (Wildman–Crippen LogP) is 2.31. The summed E-state index contributed by atoms with van der Waals surface area (Å²) in [5, 5.41) is 22.5. The SMILES string of the molecule is O=[N+]([O-])c1cc(F)cc(NCC2(CCO)CC2)c1. The van der Waals surface area contributed by atoms with Crippen LogP contribution in [0.2, 0.25) is 0 Å². The van der Waals surface area contributed by atoms with Crippen molar-refractivity contribution < 1.29 is 14.4 Å². The highest BCUT2D eigenvalue weighted by Gasteiger charge is 2.41. The molecule has 98 valence electrons. The second-order valence-corrected chi connectivity index (χ2v) is 4.78. The minimum absolute atomic E-state index is 0.0792. The van der Waals surface area contributed by atoms with Crippen LogP contribution in [0, 0.1) is 21.3 Å². The number of anilines is 1. The molecule has 0 aliphatic heterocycles. The molecule has 0 aromatic heterocycles. The van der Waals surface area contributed by atoms with Gasteiger partial charge in [-0.2, -0.15) is 0 Å².